The van der Waals surface area contributed by atoms with Crippen LogP contribution in [-0.2, 0) is 0 Å². The van der Waals surface area contributed by atoms with Crippen molar-refractivity contribution in [3.05, 3.63) is 41.0 Å². The second kappa shape index (κ2) is 3.58. The number of rotatable bonds is 1. The van der Waals surface area contributed by atoms with Crippen LogP contribution in [0, 0.1) is 0 Å². The van der Waals surface area contributed by atoms with Crippen molar-refractivity contribution in [1.82, 2.24) is 4.98 Å². The van der Waals surface area contributed by atoms with Crippen molar-refractivity contribution < 1.29 is 0 Å². The van der Waals surface area contributed by atoms with Gasteiger partial charge in [-0.05, 0) is 23.6 Å². The molecule has 0 aliphatic heterocycles. The molecule has 0 bridgehead atoms. The summed E-state index contributed by atoms with van der Waals surface area (Å²) in [6.07, 6.45) is 1.74. The largest absolute Gasteiger partial charge is 0.256 e. The molecule has 1 heterocycles. The van der Waals surface area contributed by atoms with E-state index in [1.165, 1.54) is 5.56 Å². The third-order valence-corrected chi connectivity index (χ3v) is 2.68. The van der Waals surface area contributed by atoms with Gasteiger partial charge >= 0.3 is 0 Å². The quantitative estimate of drug-likeness (QED) is 0.686. The van der Waals surface area contributed by atoms with Crippen LogP contribution < -0.4 is 0 Å². The lowest BCUT2D eigenvalue weighted by molar-refractivity contribution is 0.876. The van der Waals surface area contributed by atoms with Crippen molar-refractivity contribution in [3.63, 3.8) is 0 Å². The fourth-order valence-electron chi connectivity index (χ4n) is 1.67. The molecule has 0 N–H and O–H groups in total. The minimum absolute atomic E-state index is 0.473. The van der Waals surface area contributed by atoms with E-state index in [2.05, 4.69) is 24.9 Å². The highest BCUT2D eigenvalue weighted by atomic mass is 35.5. The van der Waals surface area contributed by atoms with E-state index in [0.29, 0.717) is 5.92 Å². The van der Waals surface area contributed by atoms with E-state index in [0.717, 1.165) is 15.9 Å². The van der Waals surface area contributed by atoms with Gasteiger partial charge in [0, 0.05) is 11.6 Å². The molecule has 2 rings (SSSR count). The van der Waals surface area contributed by atoms with Crippen LogP contribution in [0.1, 0.15) is 25.3 Å². The molecule has 0 saturated carbocycles. The third-order valence-electron chi connectivity index (χ3n) is 2.37. The SMILES string of the molecule is CC(C)c1cccc2nccc(Cl)c12. The number of hydrogen-bond donors (Lipinski definition) is 0. The van der Waals surface area contributed by atoms with Gasteiger partial charge in [-0.2, -0.15) is 0 Å². The molecule has 0 fully saturated rings. The Hall–Kier alpha value is -1.08. The normalized spacial score (nSPS) is 11.1. The first-order valence-electron chi connectivity index (χ1n) is 4.73. The summed E-state index contributed by atoms with van der Waals surface area (Å²) in [5.74, 6) is 0.473. The van der Waals surface area contributed by atoms with E-state index in [1.807, 2.05) is 18.2 Å². The van der Waals surface area contributed by atoms with Crippen LogP contribution in [0.15, 0.2) is 30.5 Å². The molecule has 0 unspecified atom stereocenters. The molecule has 0 amide bonds. The maximum absolute atomic E-state index is 6.17. The summed E-state index contributed by atoms with van der Waals surface area (Å²) in [5.41, 5.74) is 2.24. The lowest BCUT2D eigenvalue weighted by Gasteiger charge is -2.10. The molecule has 0 aliphatic rings. The van der Waals surface area contributed by atoms with Crippen LogP contribution in [0.5, 0.6) is 0 Å². The zero-order chi connectivity index (χ0) is 10.1. The number of halogens is 1. The fraction of sp³-hybridized carbons (Fsp3) is 0.250. The Bertz CT molecular complexity index is 458. The second-order valence-corrected chi connectivity index (χ2v) is 4.10. The Kier molecular flexibility index (Phi) is 2.42. The van der Waals surface area contributed by atoms with Gasteiger partial charge in [0.15, 0.2) is 0 Å². The molecule has 2 aromatic rings. The van der Waals surface area contributed by atoms with Crippen molar-refractivity contribution in [2.45, 2.75) is 19.8 Å². The predicted molar refractivity (Wildman–Crippen MR) is 60.8 cm³/mol. The molecule has 0 radical (unpaired) electrons. The first-order chi connectivity index (χ1) is 6.70. The lowest BCUT2D eigenvalue weighted by Crippen LogP contribution is -1.91. The summed E-state index contributed by atoms with van der Waals surface area (Å²) in [6, 6.07) is 7.98. The highest BCUT2D eigenvalue weighted by Gasteiger charge is 2.07. The Morgan fingerprint density at radius 3 is 2.71 bits per heavy atom. The van der Waals surface area contributed by atoms with Gasteiger partial charge in [0.05, 0.1) is 10.5 Å². The van der Waals surface area contributed by atoms with Gasteiger partial charge in [-0.15, -0.1) is 0 Å². The highest BCUT2D eigenvalue weighted by Crippen LogP contribution is 2.29. The summed E-state index contributed by atoms with van der Waals surface area (Å²) >= 11 is 6.17. The maximum atomic E-state index is 6.17. The molecular weight excluding hydrogens is 194 g/mol. The van der Waals surface area contributed by atoms with Crippen molar-refractivity contribution in [2.75, 3.05) is 0 Å². The zero-order valence-corrected chi connectivity index (χ0v) is 9.05. The maximum Gasteiger partial charge on any atom is 0.0719 e. The fourth-order valence-corrected chi connectivity index (χ4v) is 1.94. The van der Waals surface area contributed by atoms with Crippen LogP contribution in [0.4, 0.5) is 0 Å². The summed E-state index contributed by atoms with van der Waals surface area (Å²) in [7, 11) is 0. The number of nitrogens with zero attached hydrogens (tertiary/aromatic N) is 1. The number of pyridine rings is 1. The average molecular weight is 206 g/mol. The Labute approximate surface area is 88.7 Å². The molecule has 0 spiro atoms. The lowest BCUT2D eigenvalue weighted by atomic mass is 9.98. The molecule has 0 aliphatic carbocycles. The standard InChI is InChI=1S/C12H12ClN/c1-8(2)9-4-3-5-11-12(9)10(13)6-7-14-11/h3-8H,1-2H3. The zero-order valence-electron chi connectivity index (χ0n) is 8.29. The van der Waals surface area contributed by atoms with Crippen molar-refractivity contribution >= 4 is 22.5 Å². The van der Waals surface area contributed by atoms with Gasteiger partial charge in [-0.25, -0.2) is 0 Å². The number of aromatic nitrogens is 1. The summed E-state index contributed by atoms with van der Waals surface area (Å²) in [6.45, 7) is 4.33. The van der Waals surface area contributed by atoms with Gasteiger partial charge in [-0.3, -0.25) is 4.98 Å². The Balaban J connectivity index is 2.84. The monoisotopic (exact) mass is 205 g/mol. The number of hydrogen-bond acceptors (Lipinski definition) is 1. The van der Waals surface area contributed by atoms with E-state index in [9.17, 15) is 0 Å². The van der Waals surface area contributed by atoms with Gasteiger partial charge in [-0.1, -0.05) is 37.6 Å². The molecular formula is C12H12ClN. The molecule has 1 aromatic carbocycles. The van der Waals surface area contributed by atoms with Crippen LogP contribution in [0.2, 0.25) is 5.02 Å². The smallest absolute Gasteiger partial charge is 0.0719 e. The molecule has 14 heavy (non-hydrogen) atoms. The molecule has 0 atom stereocenters. The highest BCUT2D eigenvalue weighted by molar-refractivity contribution is 6.35. The van der Waals surface area contributed by atoms with Gasteiger partial charge < -0.3 is 0 Å². The van der Waals surface area contributed by atoms with Crippen molar-refractivity contribution in [3.8, 4) is 0 Å². The minimum Gasteiger partial charge on any atom is -0.256 e. The summed E-state index contributed by atoms with van der Waals surface area (Å²) in [5, 5.41) is 1.88. The topological polar surface area (TPSA) is 12.9 Å². The first kappa shape index (κ1) is 9.47. The van der Waals surface area contributed by atoms with Crippen LogP contribution in [0.25, 0.3) is 10.9 Å². The Morgan fingerprint density at radius 1 is 1.21 bits per heavy atom. The molecule has 1 aromatic heterocycles. The van der Waals surface area contributed by atoms with E-state index < -0.39 is 0 Å². The van der Waals surface area contributed by atoms with Crippen LogP contribution in [0.3, 0.4) is 0 Å². The van der Waals surface area contributed by atoms with Gasteiger partial charge in [0.1, 0.15) is 0 Å². The predicted octanol–water partition coefficient (Wildman–Crippen LogP) is 4.01. The van der Waals surface area contributed by atoms with Crippen molar-refractivity contribution in [1.29, 1.82) is 0 Å². The molecule has 72 valence electrons. The third kappa shape index (κ3) is 1.48. The van der Waals surface area contributed by atoms with Crippen LogP contribution in [-0.4, -0.2) is 4.98 Å². The van der Waals surface area contributed by atoms with Gasteiger partial charge in [0.2, 0.25) is 0 Å². The molecule has 2 heteroatoms. The Morgan fingerprint density at radius 2 is 2.00 bits per heavy atom. The number of fused-ring (bicyclic) bond motifs is 1. The summed E-state index contributed by atoms with van der Waals surface area (Å²) in [4.78, 5) is 4.30. The average Bonchev–Trinajstić information content (AvgIpc) is 2.17. The first-order valence-corrected chi connectivity index (χ1v) is 5.11. The molecule has 0 saturated heterocycles. The number of benzene rings is 1. The summed E-state index contributed by atoms with van der Waals surface area (Å²) < 4.78 is 0. The minimum atomic E-state index is 0.473. The van der Waals surface area contributed by atoms with E-state index >= 15 is 0 Å². The van der Waals surface area contributed by atoms with Crippen molar-refractivity contribution in [2.24, 2.45) is 0 Å². The van der Waals surface area contributed by atoms with E-state index in [1.54, 1.807) is 6.20 Å². The van der Waals surface area contributed by atoms with E-state index in [4.69, 9.17) is 11.6 Å². The van der Waals surface area contributed by atoms with Gasteiger partial charge in [0.25, 0.3) is 0 Å². The second-order valence-electron chi connectivity index (χ2n) is 3.69. The molecule has 1 nitrogen and oxygen atoms in total. The van der Waals surface area contributed by atoms with E-state index in [-0.39, 0.29) is 0 Å². The van der Waals surface area contributed by atoms with Crippen LogP contribution >= 0.6 is 11.6 Å².